The van der Waals surface area contributed by atoms with E-state index in [4.69, 9.17) is 4.42 Å². The summed E-state index contributed by atoms with van der Waals surface area (Å²) in [5.74, 6) is 1.19. The van der Waals surface area contributed by atoms with Crippen LogP contribution in [0.25, 0.3) is 0 Å². The Labute approximate surface area is 130 Å². The van der Waals surface area contributed by atoms with Crippen LogP contribution in [0.2, 0.25) is 0 Å². The highest BCUT2D eigenvalue weighted by Crippen LogP contribution is 2.18. The van der Waals surface area contributed by atoms with Gasteiger partial charge in [0.2, 0.25) is 5.91 Å². The van der Waals surface area contributed by atoms with E-state index in [1.54, 1.807) is 18.8 Å². The Kier molecular flexibility index (Phi) is 4.90. The smallest absolute Gasteiger partial charge is 0.224 e. The lowest BCUT2D eigenvalue weighted by molar-refractivity contribution is -0.126. The van der Waals surface area contributed by atoms with E-state index in [1.807, 2.05) is 22.9 Å². The highest BCUT2D eigenvalue weighted by molar-refractivity contribution is 5.78. The van der Waals surface area contributed by atoms with Crippen LogP contribution < -0.4 is 5.32 Å². The standard InChI is InChI=1S/C16H22N4O2/c21-16(18-6-9-19-8-5-17-13-19)14-3-1-7-20(11-14)12-15-4-2-10-22-15/h2,4-5,8,10,13-14H,1,3,6-7,9,11-12H2,(H,18,21). The summed E-state index contributed by atoms with van der Waals surface area (Å²) < 4.78 is 7.35. The SMILES string of the molecule is O=C(NCCn1ccnc1)C1CCCN(Cc2ccco2)C1. The molecule has 1 aliphatic heterocycles. The molecular formula is C16H22N4O2. The number of nitrogens with zero attached hydrogens (tertiary/aromatic N) is 3. The van der Waals surface area contributed by atoms with Crippen molar-refractivity contribution < 1.29 is 9.21 Å². The molecule has 6 heteroatoms. The lowest BCUT2D eigenvalue weighted by atomic mass is 9.97. The number of amides is 1. The number of aromatic nitrogens is 2. The van der Waals surface area contributed by atoms with Crippen LogP contribution in [0.15, 0.2) is 41.5 Å². The molecule has 1 N–H and O–H groups in total. The second-order valence-corrected chi connectivity index (χ2v) is 5.75. The predicted octanol–water partition coefficient (Wildman–Crippen LogP) is 1.50. The summed E-state index contributed by atoms with van der Waals surface area (Å²) in [6, 6.07) is 3.88. The van der Waals surface area contributed by atoms with Crippen molar-refractivity contribution in [1.29, 1.82) is 0 Å². The molecular weight excluding hydrogens is 280 g/mol. The molecule has 0 spiro atoms. The molecule has 22 heavy (non-hydrogen) atoms. The number of likely N-dealkylation sites (tertiary alicyclic amines) is 1. The van der Waals surface area contributed by atoms with E-state index >= 15 is 0 Å². The van der Waals surface area contributed by atoms with Gasteiger partial charge in [0.05, 0.1) is 25.1 Å². The Bertz CT molecular complexity index is 565. The lowest BCUT2D eigenvalue weighted by Gasteiger charge is -2.31. The van der Waals surface area contributed by atoms with Crippen LogP contribution in [0.3, 0.4) is 0 Å². The van der Waals surface area contributed by atoms with Gasteiger partial charge in [-0.05, 0) is 31.5 Å². The molecule has 3 rings (SSSR count). The third kappa shape index (κ3) is 3.98. The van der Waals surface area contributed by atoms with Gasteiger partial charge < -0.3 is 14.3 Å². The predicted molar refractivity (Wildman–Crippen MR) is 81.9 cm³/mol. The van der Waals surface area contributed by atoms with Gasteiger partial charge in [-0.1, -0.05) is 0 Å². The van der Waals surface area contributed by atoms with Crippen LogP contribution in [-0.4, -0.2) is 40.0 Å². The molecule has 1 saturated heterocycles. The maximum atomic E-state index is 12.3. The first-order chi connectivity index (χ1) is 10.8. The summed E-state index contributed by atoms with van der Waals surface area (Å²) in [7, 11) is 0. The van der Waals surface area contributed by atoms with Gasteiger partial charge in [-0.15, -0.1) is 0 Å². The van der Waals surface area contributed by atoms with Crippen molar-refractivity contribution in [3.63, 3.8) is 0 Å². The molecule has 3 heterocycles. The quantitative estimate of drug-likeness (QED) is 0.878. The molecule has 0 bridgehead atoms. The summed E-state index contributed by atoms with van der Waals surface area (Å²) in [5.41, 5.74) is 0. The molecule has 1 fully saturated rings. The molecule has 6 nitrogen and oxygen atoms in total. The normalized spacial score (nSPS) is 19.2. The molecule has 0 aromatic carbocycles. The fourth-order valence-corrected chi connectivity index (χ4v) is 2.91. The molecule has 0 saturated carbocycles. The highest BCUT2D eigenvalue weighted by atomic mass is 16.3. The fourth-order valence-electron chi connectivity index (χ4n) is 2.91. The Balaban J connectivity index is 1.43. The number of nitrogens with one attached hydrogen (secondary N) is 1. The molecule has 0 radical (unpaired) electrons. The highest BCUT2D eigenvalue weighted by Gasteiger charge is 2.25. The number of furan rings is 1. The van der Waals surface area contributed by atoms with Gasteiger partial charge in [-0.25, -0.2) is 4.98 Å². The first-order valence-electron chi connectivity index (χ1n) is 7.79. The van der Waals surface area contributed by atoms with Crippen LogP contribution in [0.4, 0.5) is 0 Å². The Hall–Kier alpha value is -2.08. The summed E-state index contributed by atoms with van der Waals surface area (Å²) in [4.78, 5) is 18.6. The second kappa shape index (κ2) is 7.26. The van der Waals surface area contributed by atoms with Crippen LogP contribution in [0.1, 0.15) is 18.6 Å². The Morgan fingerprint density at radius 2 is 2.45 bits per heavy atom. The van der Waals surface area contributed by atoms with Crippen molar-refractivity contribution in [3.8, 4) is 0 Å². The second-order valence-electron chi connectivity index (χ2n) is 5.75. The monoisotopic (exact) mass is 302 g/mol. The van der Waals surface area contributed by atoms with Gasteiger partial charge in [-0.3, -0.25) is 9.69 Å². The van der Waals surface area contributed by atoms with E-state index in [0.29, 0.717) is 6.54 Å². The molecule has 2 aromatic rings. The van der Waals surface area contributed by atoms with E-state index in [0.717, 1.165) is 44.8 Å². The van der Waals surface area contributed by atoms with Crippen molar-refractivity contribution in [1.82, 2.24) is 19.8 Å². The van der Waals surface area contributed by atoms with Gasteiger partial charge in [-0.2, -0.15) is 0 Å². The first kappa shape index (κ1) is 14.8. The molecule has 1 unspecified atom stereocenters. The van der Waals surface area contributed by atoms with Crippen molar-refractivity contribution in [3.05, 3.63) is 42.9 Å². The number of hydrogen-bond acceptors (Lipinski definition) is 4. The average Bonchev–Trinajstić information content (AvgIpc) is 3.21. The first-order valence-corrected chi connectivity index (χ1v) is 7.79. The van der Waals surface area contributed by atoms with Crippen molar-refractivity contribution >= 4 is 5.91 Å². The minimum Gasteiger partial charge on any atom is -0.468 e. The number of rotatable bonds is 6. The fraction of sp³-hybridized carbons (Fsp3) is 0.500. The molecule has 2 aromatic heterocycles. The summed E-state index contributed by atoms with van der Waals surface area (Å²) in [6.45, 7) is 4.02. The van der Waals surface area contributed by atoms with Crippen LogP contribution in [-0.2, 0) is 17.9 Å². The van der Waals surface area contributed by atoms with E-state index < -0.39 is 0 Å². The molecule has 118 valence electrons. The summed E-state index contributed by atoms with van der Waals surface area (Å²) in [5, 5.41) is 3.03. The maximum absolute atomic E-state index is 12.3. The largest absolute Gasteiger partial charge is 0.468 e. The number of carbonyl (C=O) groups excluding carboxylic acids is 1. The van der Waals surface area contributed by atoms with Crippen LogP contribution in [0.5, 0.6) is 0 Å². The van der Waals surface area contributed by atoms with E-state index in [9.17, 15) is 4.79 Å². The van der Waals surface area contributed by atoms with Gasteiger partial charge in [0.25, 0.3) is 0 Å². The minimum absolute atomic E-state index is 0.0755. The van der Waals surface area contributed by atoms with Gasteiger partial charge in [0.15, 0.2) is 0 Å². The summed E-state index contributed by atoms with van der Waals surface area (Å²) in [6.07, 6.45) is 9.12. The minimum atomic E-state index is 0.0755. The number of imidazole rings is 1. The van der Waals surface area contributed by atoms with Crippen molar-refractivity contribution in [2.75, 3.05) is 19.6 Å². The third-order valence-corrected chi connectivity index (χ3v) is 4.06. The van der Waals surface area contributed by atoms with E-state index in [2.05, 4.69) is 15.2 Å². The zero-order chi connectivity index (χ0) is 15.2. The molecule has 1 atom stereocenters. The number of piperidine rings is 1. The zero-order valence-electron chi connectivity index (χ0n) is 12.6. The maximum Gasteiger partial charge on any atom is 0.224 e. The lowest BCUT2D eigenvalue weighted by Crippen LogP contribution is -2.43. The topological polar surface area (TPSA) is 63.3 Å². The third-order valence-electron chi connectivity index (χ3n) is 4.06. The van der Waals surface area contributed by atoms with E-state index in [1.165, 1.54) is 0 Å². The summed E-state index contributed by atoms with van der Waals surface area (Å²) >= 11 is 0. The Morgan fingerprint density at radius 3 is 3.23 bits per heavy atom. The average molecular weight is 302 g/mol. The number of carbonyl (C=O) groups is 1. The zero-order valence-corrected chi connectivity index (χ0v) is 12.6. The van der Waals surface area contributed by atoms with Gasteiger partial charge in [0.1, 0.15) is 5.76 Å². The van der Waals surface area contributed by atoms with Crippen LogP contribution in [0, 0.1) is 5.92 Å². The van der Waals surface area contributed by atoms with E-state index in [-0.39, 0.29) is 11.8 Å². The van der Waals surface area contributed by atoms with Gasteiger partial charge in [0, 0.05) is 32.0 Å². The van der Waals surface area contributed by atoms with Crippen molar-refractivity contribution in [2.45, 2.75) is 25.9 Å². The Morgan fingerprint density at radius 1 is 1.50 bits per heavy atom. The van der Waals surface area contributed by atoms with Crippen LogP contribution >= 0.6 is 0 Å². The molecule has 0 aliphatic carbocycles. The molecule has 1 aliphatic rings. The van der Waals surface area contributed by atoms with Crippen molar-refractivity contribution in [2.24, 2.45) is 5.92 Å². The molecule has 1 amide bonds. The van der Waals surface area contributed by atoms with Gasteiger partial charge >= 0.3 is 0 Å². The number of hydrogen-bond donors (Lipinski definition) is 1.